The third-order valence-electron chi connectivity index (χ3n) is 2.22. The number of halogens is 4. The summed E-state index contributed by atoms with van der Waals surface area (Å²) in [7, 11) is 0. The molecule has 0 radical (unpaired) electrons. The normalized spacial score (nSPS) is 14.0. The summed E-state index contributed by atoms with van der Waals surface area (Å²) in [6, 6.07) is 3.88. The van der Waals surface area contributed by atoms with Gasteiger partial charge in [-0.3, -0.25) is 0 Å². The molecule has 1 unspecified atom stereocenters. The smallest absolute Gasteiger partial charge is 0.330 e. The average molecular weight is 238 g/mol. The molecule has 84 valence electrons. The van der Waals surface area contributed by atoms with Gasteiger partial charge in [-0.2, -0.15) is 13.2 Å². The largest absolute Gasteiger partial charge is 0.417 e. The Kier molecular flexibility index (Phi) is 3.62. The van der Waals surface area contributed by atoms with Gasteiger partial charge in [0.05, 0.1) is 10.6 Å². The molecule has 5 heteroatoms. The molecular weight excluding hydrogens is 227 g/mol. The Hall–Kier alpha value is -0.740. The summed E-state index contributed by atoms with van der Waals surface area (Å²) in [5.41, 5.74) is 5.13. The fourth-order valence-corrected chi connectivity index (χ4v) is 1.43. The topological polar surface area (TPSA) is 26.0 Å². The van der Waals surface area contributed by atoms with Crippen molar-refractivity contribution in [3.05, 3.63) is 34.3 Å². The summed E-state index contributed by atoms with van der Waals surface area (Å²) in [5.74, 6) is -0.108. The van der Waals surface area contributed by atoms with Gasteiger partial charge in [-0.25, -0.2) is 0 Å². The van der Waals surface area contributed by atoms with Gasteiger partial charge in [0.2, 0.25) is 0 Å². The van der Waals surface area contributed by atoms with Gasteiger partial charge in [0.25, 0.3) is 0 Å². The molecular formula is C10H11ClF3N. The van der Waals surface area contributed by atoms with Gasteiger partial charge < -0.3 is 5.73 Å². The number of alkyl halides is 3. The molecule has 0 heterocycles. The molecule has 0 spiro atoms. The van der Waals surface area contributed by atoms with Gasteiger partial charge in [-0.05, 0) is 30.2 Å². The van der Waals surface area contributed by atoms with Crippen molar-refractivity contribution in [1.29, 1.82) is 0 Å². The SMILES string of the molecule is CC(CN)c1ccc(Cl)c(C(F)(F)F)c1. The molecule has 0 aliphatic rings. The van der Waals surface area contributed by atoms with Crippen molar-refractivity contribution in [2.24, 2.45) is 5.73 Å². The zero-order valence-electron chi connectivity index (χ0n) is 8.11. The van der Waals surface area contributed by atoms with E-state index in [1.54, 1.807) is 13.0 Å². The van der Waals surface area contributed by atoms with E-state index in [0.717, 1.165) is 6.07 Å². The second-order valence-corrected chi connectivity index (χ2v) is 3.78. The Morgan fingerprint density at radius 2 is 2.00 bits per heavy atom. The molecule has 0 aliphatic carbocycles. The average Bonchev–Trinajstić information content (AvgIpc) is 2.15. The number of benzene rings is 1. The third-order valence-corrected chi connectivity index (χ3v) is 2.55. The van der Waals surface area contributed by atoms with Gasteiger partial charge in [-0.15, -0.1) is 0 Å². The molecule has 1 rings (SSSR count). The lowest BCUT2D eigenvalue weighted by molar-refractivity contribution is -0.137. The third kappa shape index (κ3) is 2.86. The van der Waals surface area contributed by atoms with Crippen molar-refractivity contribution >= 4 is 11.6 Å². The van der Waals surface area contributed by atoms with E-state index in [1.807, 2.05) is 0 Å². The molecule has 0 amide bonds. The Balaban J connectivity index is 3.17. The summed E-state index contributed by atoms with van der Waals surface area (Å²) in [6.07, 6.45) is -4.42. The summed E-state index contributed by atoms with van der Waals surface area (Å²) in [6.45, 7) is 2.07. The van der Waals surface area contributed by atoms with Gasteiger partial charge in [0.15, 0.2) is 0 Å². The van der Waals surface area contributed by atoms with Crippen LogP contribution < -0.4 is 5.73 Å². The number of hydrogen-bond acceptors (Lipinski definition) is 1. The van der Waals surface area contributed by atoms with Crippen LogP contribution in [0.15, 0.2) is 18.2 Å². The highest BCUT2D eigenvalue weighted by molar-refractivity contribution is 6.31. The minimum absolute atomic E-state index is 0.108. The van der Waals surface area contributed by atoms with Crippen molar-refractivity contribution in [1.82, 2.24) is 0 Å². The lowest BCUT2D eigenvalue weighted by atomic mass is 9.99. The van der Waals surface area contributed by atoms with E-state index in [9.17, 15) is 13.2 Å². The van der Waals surface area contributed by atoms with E-state index in [0.29, 0.717) is 12.1 Å². The van der Waals surface area contributed by atoms with Crippen LogP contribution in [0.1, 0.15) is 24.0 Å². The van der Waals surface area contributed by atoms with Gasteiger partial charge in [0.1, 0.15) is 0 Å². The fraction of sp³-hybridized carbons (Fsp3) is 0.400. The maximum Gasteiger partial charge on any atom is 0.417 e. The van der Waals surface area contributed by atoms with E-state index in [-0.39, 0.29) is 10.9 Å². The van der Waals surface area contributed by atoms with Crippen molar-refractivity contribution in [3.63, 3.8) is 0 Å². The van der Waals surface area contributed by atoms with E-state index in [2.05, 4.69) is 0 Å². The molecule has 0 saturated carbocycles. The second kappa shape index (κ2) is 4.41. The highest BCUT2D eigenvalue weighted by atomic mass is 35.5. The molecule has 2 N–H and O–H groups in total. The van der Waals surface area contributed by atoms with Crippen LogP contribution in [0.25, 0.3) is 0 Å². The summed E-state index contributed by atoms with van der Waals surface area (Å²) >= 11 is 5.48. The first-order chi connectivity index (χ1) is 6.86. The van der Waals surface area contributed by atoms with Crippen LogP contribution in [0.3, 0.4) is 0 Å². The zero-order chi connectivity index (χ0) is 11.6. The van der Waals surface area contributed by atoms with Crippen molar-refractivity contribution in [2.45, 2.75) is 19.0 Å². The monoisotopic (exact) mass is 237 g/mol. The Bertz CT molecular complexity index is 349. The maximum atomic E-state index is 12.5. The minimum Gasteiger partial charge on any atom is -0.330 e. The second-order valence-electron chi connectivity index (χ2n) is 3.37. The van der Waals surface area contributed by atoms with Crippen LogP contribution in [-0.2, 0) is 6.18 Å². The Labute approximate surface area is 91.0 Å². The van der Waals surface area contributed by atoms with Crippen LogP contribution >= 0.6 is 11.6 Å². The first-order valence-electron chi connectivity index (χ1n) is 4.43. The predicted octanol–water partition coefficient (Wildman–Crippen LogP) is 3.42. The zero-order valence-corrected chi connectivity index (χ0v) is 8.86. The van der Waals surface area contributed by atoms with Crippen LogP contribution in [-0.4, -0.2) is 6.54 Å². The van der Waals surface area contributed by atoms with Crippen molar-refractivity contribution in [3.8, 4) is 0 Å². The summed E-state index contributed by atoms with van der Waals surface area (Å²) in [5, 5.41) is -0.282. The molecule has 0 aliphatic heterocycles. The van der Waals surface area contributed by atoms with Gasteiger partial charge in [-0.1, -0.05) is 24.6 Å². The predicted molar refractivity (Wildman–Crippen MR) is 53.9 cm³/mol. The molecule has 0 aromatic heterocycles. The summed E-state index contributed by atoms with van der Waals surface area (Å²) < 4.78 is 37.4. The standard InChI is InChI=1S/C10H11ClF3N/c1-6(5-15)7-2-3-9(11)8(4-7)10(12,13)14/h2-4,6H,5,15H2,1H3. The number of hydrogen-bond donors (Lipinski definition) is 1. The maximum absolute atomic E-state index is 12.5. The van der Waals surface area contributed by atoms with Crippen LogP contribution in [0.4, 0.5) is 13.2 Å². The molecule has 0 fully saturated rings. The van der Waals surface area contributed by atoms with Gasteiger partial charge in [0, 0.05) is 0 Å². The lowest BCUT2D eigenvalue weighted by Gasteiger charge is -2.14. The van der Waals surface area contributed by atoms with Crippen molar-refractivity contribution < 1.29 is 13.2 Å². The highest BCUT2D eigenvalue weighted by Gasteiger charge is 2.33. The summed E-state index contributed by atoms with van der Waals surface area (Å²) in [4.78, 5) is 0. The molecule has 0 saturated heterocycles. The molecule has 1 aromatic rings. The Morgan fingerprint density at radius 3 is 2.47 bits per heavy atom. The first kappa shape index (κ1) is 12.3. The van der Waals surface area contributed by atoms with Crippen LogP contribution in [0, 0.1) is 0 Å². The molecule has 1 nitrogen and oxygen atoms in total. The molecule has 1 atom stereocenters. The van der Waals surface area contributed by atoms with Crippen LogP contribution in [0.5, 0.6) is 0 Å². The highest BCUT2D eigenvalue weighted by Crippen LogP contribution is 2.36. The first-order valence-corrected chi connectivity index (χ1v) is 4.80. The van der Waals surface area contributed by atoms with E-state index < -0.39 is 11.7 Å². The van der Waals surface area contributed by atoms with Crippen molar-refractivity contribution in [2.75, 3.05) is 6.54 Å². The molecule has 1 aromatic carbocycles. The number of nitrogens with two attached hydrogens (primary N) is 1. The van der Waals surface area contributed by atoms with Crippen LogP contribution in [0.2, 0.25) is 5.02 Å². The minimum atomic E-state index is -4.42. The number of rotatable bonds is 2. The molecule has 15 heavy (non-hydrogen) atoms. The molecule has 0 bridgehead atoms. The quantitative estimate of drug-likeness (QED) is 0.838. The van der Waals surface area contributed by atoms with E-state index in [1.165, 1.54) is 6.07 Å². The van der Waals surface area contributed by atoms with E-state index in [4.69, 9.17) is 17.3 Å². The Morgan fingerprint density at radius 1 is 1.40 bits per heavy atom. The fourth-order valence-electron chi connectivity index (χ4n) is 1.20. The van der Waals surface area contributed by atoms with Gasteiger partial charge >= 0.3 is 6.18 Å². The van der Waals surface area contributed by atoms with E-state index >= 15 is 0 Å². The lowest BCUT2D eigenvalue weighted by Crippen LogP contribution is -2.11.